The predicted octanol–water partition coefficient (Wildman–Crippen LogP) is 3.14. The van der Waals surface area contributed by atoms with Gasteiger partial charge in [-0.05, 0) is 64.6 Å². The standard InChI is InChI=1S/C17H15ClIN3O4/c1-26-14-7-10(6-13(19)17(14)25)9-20-22-16(24)8-15(23)21-12-4-2-11(18)3-5-12/h2-7,9,25H,8H2,1H3,(H,21,23)(H,22,24). The molecule has 0 atom stereocenters. The van der Waals surface area contributed by atoms with Crippen LogP contribution in [0.5, 0.6) is 11.5 Å². The van der Waals surface area contributed by atoms with E-state index in [0.717, 1.165) is 0 Å². The molecule has 0 fully saturated rings. The zero-order valence-electron chi connectivity index (χ0n) is 13.6. The number of halogens is 2. The number of anilines is 1. The van der Waals surface area contributed by atoms with Crippen LogP contribution in [-0.4, -0.2) is 30.2 Å². The average molecular weight is 488 g/mol. The molecular weight excluding hydrogens is 473 g/mol. The molecule has 7 nitrogen and oxygen atoms in total. The van der Waals surface area contributed by atoms with Crippen LogP contribution in [0.15, 0.2) is 41.5 Å². The normalized spacial score (nSPS) is 10.6. The van der Waals surface area contributed by atoms with Gasteiger partial charge in [-0.15, -0.1) is 0 Å². The maximum absolute atomic E-state index is 11.8. The van der Waals surface area contributed by atoms with Crippen LogP contribution in [-0.2, 0) is 9.59 Å². The van der Waals surface area contributed by atoms with Gasteiger partial charge in [-0.1, -0.05) is 11.6 Å². The van der Waals surface area contributed by atoms with E-state index in [1.165, 1.54) is 13.3 Å². The molecule has 0 saturated heterocycles. The molecule has 26 heavy (non-hydrogen) atoms. The van der Waals surface area contributed by atoms with E-state index >= 15 is 0 Å². The van der Waals surface area contributed by atoms with Crippen LogP contribution < -0.4 is 15.5 Å². The number of nitrogens with one attached hydrogen (secondary N) is 2. The Balaban J connectivity index is 1.88. The molecule has 2 aromatic carbocycles. The van der Waals surface area contributed by atoms with Crippen molar-refractivity contribution >= 4 is 57.9 Å². The van der Waals surface area contributed by atoms with Crippen LogP contribution >= 0.6 is 34.2 Å². The summed E-state index contributed by atoms with van der Waals surface area (Å²) in [4.78, 5) is 23.6. The highest BCUT2D eigenvalue weighted by atomic mass is 127. The second-order valence-electron chi connectivity index (χ2n) is 5.08. The molecule has 2 aromatic rings. The fourth-order valence-electron chi connectivity index (χ4n) is 1.93. The van der Waals surface area contributed by atoms with Crippen molar-refractivity contribution in [3.8, 4) is 11.5 Å². The van der Waals surface area contributed by atoms with Gasteiger partial charge in [0, 0.05) is 10.7 Å². The van der Waals surface area contributed by atoms with Gasteiger partial charge in [-0.25, -0.2) is 5.43 Å². The molecule has 2 amide bonds. The molecule has 3 N–H and O–H groups in total. The summed E-state index contributed by atoms with van der Waals surface area (Å²) in [6.45, 7) is 0. The first-order valence-corrected chi connectivity index (χ1v) is 8.78. The number of phenolic OH excluding ortho intramolecular Hbond substituents is 1. The number of carbonyl (C=O) groups is 2. The first kappa shape index (κ1) is 20.0. The molecule has 0 saturated carbocycles. The monoisotopic (exact) mass is 487 g/mol. The topological polar surface area (TPSA) is 100 Å². The predicted molar refractivity (Wildman–Crippen MR) is 108 cm³/mol. The van der Waals surface area contributed by atoms with E-state index in [0.29, 0.717) is 25.6 Å². The van der Waals surface area contributed by atoms with Crippen molar-refractivity contribution in [2.45, 2.75) is 6.42 Å². The van der Waals surface area contributed by atoms with Gasteiger partial charge in [0.25, 0.3) is 0 Å². The number of ether oxygens (including phenoxy) is 1. The summed E-state index contributed by atoms with van der Waals surface area (Å²) < 4.78 is 5.63. The Morgan fingerprint density at radius 2 is 1.96 bits per heavy atom. The van der Waals surface area contributed by atoms with Crippen LogP contribution in [0.2, 0.25) is 5.02 Å². The highest BCUT2D eigenvalue weighted by molar-refractivity contribution is 14.1. The first-order valence-electron chi connectivity index (χ1n) is 7.33. The van der Waals surface area contributed by atoms with Crippen molar-refractivity contribution < 1.29 is 19.4 Å². The van der Waals surface area contributed by atoms with E-state index < -0.39 is 11.8 Å². The largest absolute Gasteiger partial charge is 0.504 e. The van der Waals surface area contributed by atoms with E-state index in [4.69, 9.17) is 16.3 Å². The number of amides is 2. The summed E-state index contributed by atoms with van der Waals surface area (Å²) in [6.07, 6.45) is 1.01. The molecule has 9 heteroatoms. The van der Waals surface area contributed by atoms with Gasteiger partial charge in [-0.3, -0.25) is 9.59 Å². The highest BCUT2D eigenvalue weighted by Crippen LogP contribution is 2.31. The summed E-state index contributed by atoms with van der Waals surface area (Å²) in [5, 5.41) is 16.7. The van der Waals surface area contributed by atoms with Gasteiger partial charge in [-0.2, -0.15) is 5.10 Å². The summed E-state index contributed by atoms with van der Waals surface area (Å²) in [5.74, 6) is -0.700. The van der Waals surface area contributed by atoms with Gasteiger partial charge in [0.05, 0.1) is 16.9 Å². The van der Waals surface area contributed by atoms with E-state index in [9.17, 15) is 14.7 Å². The van der Waals surface area contributed by atoms with Crippen LogP contribution in [0.25, 0.3) is 0 Å². The molecule has 136 valence electrons. The Labute approximate surface area is 168 Å². The van der Waals surface area contributed by atoms with Crippen molar-refractivity contribution in [1.82, 2.24) is 5.43 Å². The molecule has 0 aliphatic rings. The maximum Gasteiger partial charge on any atom is 0.249 e. The molecule has 0 spiro atoms. The number of carbonyl (C=O) groups excluding carboxylic acids is 2. The number of hydrogen-bond acceptors (Lipinski definition) is 5. The molecule has 0 bridgehead atoms. The Hall–Kier alpha value is -2.33. The first-order chi connectivity index (χ1) is 12.4. The van der Waals surface area contributed by atoms with Crippen molar-refractivity contribution in [3.63, 3.8) is 0 Å². The number of hydrogen-bond donors (Lipinski definition) is 3. The second kappa shape index (κ2) is 9.39. The zero-order valence-corrected chi connectivity index (χ0v) is 16.5. The molecule has 0 aliphatic carbocycles. The number of aromatic hydroxyl groups is 1. The van der Waals surface area contributed by atoms with E-state index in [2.05, 4.69) is 15.8 Å². The van der Waals surface area contributed by atoms with Gasteiger partial charge < -0.3 is 15.2 Å². The SMILES string of the molecule is COc1cc(C=NNC(=O)CC(=O)Nc2ccc(Cl)cc2)cc(I)c1O. The van der Waals surface area contributed by atoms with Gasteiger partial charge in [0.15, 0.2) is 11.5 Å². The van der Waals surface area contributed by atoms with Gasteiger partial charge in [0.1, 0.15) is 6.42 Å². The number of benzene rings is 2. The minimum absolute atomic E-state index is 0.0353. The van der Waals surface area contributed by atoms with E-state index in [1.807, 2.05) is 22.6 Å². The van der Waals surface area contributed by atoms with Crippen LogP contribution in [0.4, 0.5) is 5.69 Å². The minimum Gasteiger partial charge on any atom is -0.504 e. The number of methoxy groups -OCH3 is 1. The van der Waals surface area contributed by atoms with E-state index in [1.54, 1.807) is 36.4 Å². The summed E-state index contributed by atoms with van der Waals surface area (Å²) >= 11 is 7.72. The van der Waals surface area contributed by atoms with Crippen molar-refractivity contribution in [3.05, 3.63) is 50.6 Å². The Bertz CT molecular complexity index is 841. The number of nitrogens with zero attached hydrogens (tertiary/aromatic N) is 1. The maximum atomic E-state index is 11.8. The lowest BCUT2D eigenvalue weighted by Gasteiger charge is -2.06. The molecule has 0 heterocycles. The lowest BCUT2D eigenvalue weighted by Crippen LogP contribution is -2.24. The van der Waals surface area contributed by atoms with Gasteiger partial charge in [0.2, 0.25) is 11.8 Å². The van der Waals surface area contributed by atoms with Gasteiger partial charge >= 0.3 is 0 Å². The zero-order chi connectivity index (χ0) is 19.1. The third-order valence-electron chi connectivity index (χ3n) is 3.12. The summed E-state index contributed by atoms with van der Waals surface area (Å²) in [6, 6.07) is 9.78. The number of phenols is 1. The highest BCUT2D eigenvalue weighted by Gasteiger charge is 2.10. The van der Waals surface area contributed by atoms with Crippen molar-refractivity contribution in [1.29, 1.82) is 0 Å². The third kappa shape index (κ3) is 5.88. The number of rotatable bonds is 6. The fourth-order valence-corrected chi connectivity index (χ4v) is 2.68. The van der Waals surface area contributed by atoms with Crippen LogP contribution in [0.1, 0.15) is 12.0 Å². The molecule has 0 aromatic heterocycles. The average Bonchev–Trinajstić information content (AvgIpc) is 2.59. The quantitative estimate of drug-likeness (QED) is 0.252. The second-order valence-corrected chi connectivity index (χ2v) is 6.68. The Morgan fingerprint density at radius 3 is 2.62 bits per heavy atom. The van der Waals surface area contributed by atoms with Crippen LogP contribution in [0, 0.1) is 3.57 Å². The smallest absolute Gasteiger partial charge is 0.249 e. The Kier molecular flexibility index (Phi) is 7.22. The fraction of sp³-hybridized carbons (Fsp3) is 0.118. The summed E-state index contributed by atoms with van der Waals surface area (Å²) in [7, 11) is 1.44. The Morgan fingerprint density at radius 1 is 1.27 bits per heavy atom. The minimum atomic E-state index is -0.562. The molecule has 0 radical (unpaired) electrons. The lowest BCUT2D eigenvalue weighted by atomic mass is 10.2. The van der Waals surface area contributed by atoms with E-state index in [-0.39, 0.29) is 12.2 Å². The van der Waals surface area contributed by atoms with Crippen molar-refractivity contribution in [2.75, 3.05) is 12.4 Å². The third-order valence-corrected chi connectivity index (χ3v) is 4.20. The number of hydrazone groups is 1. The molecule has 0 aliphatic heterocycles. The molecular formula is C17H15ClIN3O4. The lowest BCUT2D eigenvalue weighted by molar-refractivity contribution is -0.126. The van der Waals surface area contributed by atoms with Crippen molar-refractivity contribution in [2.24, 2.45) is 5.10 Å². The summed E-state index contributed by atoms with van der Waals surface area (Å²) in [5.41, 5.74) is 3.43. The van der Waals surface area contributed by atoms with Crippen LogP contribution in [0.3, 0.4) is 0 Å². The molecule has 2 rings (SSSR count). The molecule has 0 unspecified atom stereocenters.